The second kappa shape index (κ2) is 7.05. The Hall–Kier alpha value is -1.68. The summed E-state index contributed by atoms with van der Waals surface area (Å²) in [5.74, 6) is 0. The van der Waals surface area contributed by atoms with Crippen molar-refractivity contribution in [1.82, 2.24) is 10.2 Å². The number of rotatable bonds is 4. The fraction of sp³-hybridized carbons (Fsp3) is 0.368. The van der Waals surface area contributed by atoms with E-state index in [1.165, 1.54) is 16.7 Å². The van der Waals surface area contributed by atoms with Crippen molar-refractivity contribution < 1.29 is 5.11 Å². The third kappa shape index (κ3) is 3.55. The molecule has 22 heavy (non-hydrogen) atoms. The van der Waals surface area contributed by atoms with E-state index in [-0.39, 0.29) is 12.6 Å². The van der Waals surface area contributed by atoms with Gasteiger partial charge in [0.2, 0.25) is 0 Å². The van der Waals surface area contributed by atoms with Crippen molar-refractivity contribution in [1.29, 1.82) is 0 Å². The molecule has 0 bridgehead atoms. The number of hydrogen-bond donors (Lipinski definition) is 2. The number of nitrogens with one attached hydrogen (secondary N) is 1. The van der Waals surface area contributed by atoms with Gasteiger partial charge in [0, 0.05) is 31.7 Å². The van der Waals surface area contributed by atoms with E-state index in [1.54, 1.807) is 0 Å². The molecule has 1 aliphatic rings. The molecule has 0 aromatic heterocycles. The molecule has 2 aromatic rings. The second-order valence-corrected chi connectivity index (χ2v) is 6.13. The van der Waals surface area contributed by atoms with Gasteiger partial charge in [-0.1, -0.05) is 60.2 Å². The molecule has 3 rings (SSSR count). The highest BCUT2D eigenvalue weighted by molar-refractivity contribution is 5.23. The van der Waals surface area contributed by atoms with Gasteiger partial charge < -0.3 is 10.4 Å². The SMILES string of the molecule is Cc1cccc(CN2CC(c3ccccc3)NCC2CO)c1. The van der Waals surface area contributed by atoms with E-state index in [4.69, 9.17) is 0 Å². The van der Waals surface area contributed by atoms with Crippen LogP contribution in [0.3, 0.4) is 0 Å². The molecular weight excluding hydrogens is 272 g/mol. The van der Waals surface area contributed by atoms with Gasteiger partial charge in [-0.05, 0) is 18.1 Å². The van der Waals surface area contributed by atoms with Crippen molar-refractivity contribution in [2.24, 2.45) is 0 Å². The minimum absolute atomic E-state index is 0.181. The molecule has 2 N–H and O–H groups in total. The van der Waals surface area contributed by atoms with Crippen molar-refractivity contribution in [2.75, 3.05) is 19.7 Å². The lowest BCUT2D eigenvalue weighted by molar-refractivity contribution is 0.0744. The lowest BCUT2D eigenvalue weighted by Gasteiger charge is -2.40. The molecule has 1 saturated heterocycles. The third-order valence-electron chi connectivity index (χ3n) is 4.41. The average Bonchev–Trinajstić information content (AvgIpc) is 2.56. The minimum atomic E-state index is 0.181. The van der Waals surface area contributed by atoms with Crippen LogP contribution < -0.4 is 5.32 Å². The van der Waals surface area contributed by atoms with Crippen LogP contribution in [0.2, 0.25) is 0 Å². The van der Waals surface area contributed by atoms with Gasteiger partial charge in [0.25, 0.3) is 0 Å². The van der Waals surface area contributed by atoms with Gasteiger partial charge in [-0.15, -0.1) is 0 Å². The first kappa shape index (κ1) is 15.2. The van der Waals surface area contributed by atoms with E-state index in [0.717, 1.165) is 19.6 Å². The highest BCUT2D eigenvalue weighted by Gasteiger charge is 2.28. The topological polar surface area (TPSA) is 35.5 Å². The monoisotopic (exact) mass is 296 g/mol. The van der Waals surface area contributed by atoms with Gasteiger partial charge >= 0.3 is 0 Å². The molecular formula is C19H24N2O. The summed E-state index contributed by atoms with van der Waals surface area (Å²) in [6.45, 7) is 4.95. The third-order valence-corrected chi connectivity index (χ3v) is 4.41. The van der Waals surface area contributed by atoms with Crippen LogP contribution in [0.25, 0.3) is 0 Å². The first-order chi connectivity index (χ1) is 10.8. The molecule has 2 unspecified atom stereocenters. The summed E-state index contributed by atoms with van der Waals surface area (Å²) in [5.41, 5.74) is 3.91. The fourth-order valence-electron chi connectivity index (χ4n) is 3.18. The van der Waals surface area contributed by atoms with Crippen molar-refractivity contribution in [3.63, 3.8) is 0 Å². The Morgan fingerprint density at radius 2 is 1.95 bits per heavy atom. The number of piperazine rings is 1. The predicted molar refractivity (Wildman–Crippen MR) is 89.6 cm³/mol. The summed E-state index contributed by atoms with van der Waals surface area (Å²) >= 11 is 0. The molecule has 0 spiro atoms. The Morgan fingerprint density at radius 1 is 1.14 bits per heavy atom. The number of hydrogen-bond acceptors (Lipinski definition) is 3. The molecule has 0 amide bonds. The van der Waals surface area contributed by atoms with Crippen LogP contribution in [0.5, 0.6) is 0 Å². The zero-order valence-electron chi connectivity index (χ0n) is 13.1. The lowest BCUT2D eigenvalue weighted by atomic mass is 10.0. The first-order valence-corrected chi connectivity index (χ1v) is 7.95. The van der Waals surface area contributed by atoms with Gasteiger partial charge in [-0.25, -0.2) is 0 Å². The van der Waals surface area contributed by atoms with Crippen LogP contribution in [-0.2, 0) is 6.54 Å². The lowest BCUT2D eigenvalue weighted by Crippen LogP contribution is -2.53. The summed E-state index contributed by atoms with van der Waals surface area (Å²) < 4.78 is 0. The summed E-state index contributed by atoms with van der Waals surface area (Å²) in [6, 6.07) is 19.7. The Balaban J connectivity index is 1.74. The fourth-order valence-corrected chi connectivity index (χ4v) is 3.18. The Morgan fingerprint density at radius 3 is 2.68 bits per heavy atom. The summed E-state index contributed by atoms with van der Waals surface area (Å²) in [5, 5.41) is 13.2. The van der Waals surface area contributed by atoms with Crippen molar-refractivity contribution in [3.05, 3.63) is 71.3 Å². The molecule has 1 aliphatic heterocycles. The number of aryl methyl sites for hydroxylation is 1. The van der Waals surface area contributed by atoms with Crippen molar-refractivity contribution >= 4 is 0 Å². The van der Waals surface area contributed by atoms with E-state index >= 15 is 0 Å². The van der Waals surface area contributed by atoms with Crippen molar-refractivity contribution in [3.8, 4) is 0 Å². The van der Waals surface area contributed by atoms with Gasteiger partial charge in [0.05, 0.1) is 6.61 Å². The molecule has 0 aliphatic carbocycles. The largest absolute Gasteiger partial charge is 0.395 e. The molecule has 116 valence electrons. The van der Waals surface area contributed by atoms with Crippen LogP contribution >= 0.6 is 0 Å². The zero-order chi connectivity index (χ0) is 15.4. The number of benzene rings is 2. The van der Waals surface area contributed by atoms with Gasteiger partial charge in [-0.2, -0.15) is 0 Å². The average molecular weight is 296 g/mol. The maximum Gasteiger partial charge on any atom is 0.0599 e. The van der Waals surface area contributed by atoms with E-state index in [1.807, 2.05) is 6.07 Å². The highest BCUT2D eigenvalue weighted by Crippen LogP contribution is 2.21. The quantitative estimate of drug-likeness (QED) is 0.910. The van der Waals surface area contributed by atoms with Crippen LogP contribution in [-0.4, -0.2) is 35.7 Å². The molecule has 3 nitrogen and oxygen atoms in total. The summed E-state index contributed by atoms with van der Waals surface area (Å²) in [7, 11) is 0. The highest BCUT2D eigenvalue weighted by atomic mass is 16.3. The zero-order valence-corrected chi connectivity index (χ0v) is 13.1. The summed E-state index contributed by atoms with van der Waals surface area (Å²) in [4.78, 5) is 2.39. The minimum Gasteiger partial charge on any atom is -0.395 e. The molecule has 1 heterocycles. The number of nitrogens with zero attached hydrogens (tertiary/aromatic N) is 1. The molecule has 0 radical (unpaired) electrons. The maximum atomic E-state index is 9.67. The second-order valence-electron chi connectivity index (χ2n) is 6.13. The summed E-state index contributed by atoms with van der Waals surface area (Å²) in [6.07, 6.45) is 0. The Labute approximate surface area is 132 Å². The van der Waals surface area contributed by atoms with E-state index in [9.17, 15) is 5.11 Å². The van der Waals surface area contributed by atoms with Crippen LogP contribution in [0.1, 0.15) is 22.7 Å². The maximum absolute atomic E-state index is 9.67. The van der Waals surface area contributed by atoms with Crippen LogP contribution in [0.15, 0.2) is 54.6 Å². The van der Waals surface area contributed by atoms with Gasteiger partial charge in [0.1, 0.15) is 0 Å². The van der Waals surface area contributed by atoms with Gasteiger partial charge in [-0.3, -0.25) is 4.90 Å². The molecule has 1 fully saturated rings. The number of aliphatic hydroxyl groups is 1. The van der Waals surface area contributed by atoms with Crippen LogP contribution in [0.4, 0.5) is 0 Å². The first-order valence-electron chi connectivity index (χ1n) is 7.95. The Kier molecular flexibility index (Phi) is 4.88. The standard InChI is InChI=1S/C19H24N2O/c1-15-6-5-7-16(10-15)12-21-13-19(20-11-18(21)14-22)17-8-3-2-4-9-17/h2-10,18-20,22H,11-14H2,1H3. The molecule has 0 saturated carbocycles. The molecule has 3 heteroatoms. The Bertz CT molecular complexity index is 599. The van der Waals surface area contributed by atoms with E-state index < -0.39 is 0 Å². The molecule has 2 aromatic carbocycles. The predicted octanol–water partition coefficient (Wildman–Crippen LogP) is 2.50. The van der Waals surface area contributed by atoms with E-state index in [2.05, 4.69) is 65.7 Å². The molecule has 2 atom stereocenters. The van der Waals surface area contributed by atoms with Crippen molar-refractivity contribution in [2.45, 2.75) is 25.6 Å². The van der Waals surface area contributed by atoms with E-state index in [0.29, 0.717) is 6.04 Å². The van der Waals surface area contributed by atoms with Gasteiger partial charge in [0.15, 0.2) is 0 Å². The normalized spacial score (nSPS) is 22.6. The number of aliphatic hydroxyl groups excluding tert-OH is 1. The van der Waals surface area contributed by atoms with Crippen LogP contribution in [0, 0.1) is 6.92 Å². The smallest absolute Gasteiger partial charge is 0.0599 e.